The van der Waals surface area contributed by atoms with Gasteiger partial charge in [0.15, 0.2) is 5.25 Å². The quantitative estimate of drug-likeness (QED) is 0.829. The molecule has 1 saturated heterocycles. The minimum Gasteiger partial charge on any atom is -0.296 e. The molecule has 2 rings (SSSR count). The van der Waals surface area contributed by atoms with Crippen molar-refractivity contribution in [3.63, 3.8) is 0 Å². The Labute approximate surface area is 133 Å². The SMILES string of the molecule is CCC(C#N)S(=O)(=O)N1CCN(Cc2ccccc2C)CC1. The van der Waals surface area contributed by atoms with Gasteiger partial charge in [-0.05, 0) is 24.5 Å². The van der Waals surface area contributed by atoms with E-state index >= 15 is 0 Å². The molecule has 1 aliphatic heterocycles. The molecular formula is C16H23N3O2S. The van der Waals surface area contributed by atoms with E-state index in [1.165, 1.54) is 15.4 Å². The highest BCUT2D eigenvalue weighted by Gasteiger charge is 2.33. The molecule has 1 aromatic carbocycles. The Hall–Kier alpha value is -1.42. The van der Waals surface area contributed by atoms with E-state index < -0.39 is 15.3 Å². The van der Waals surface area contributed by atoms with Gasteiger partial charge in [-0.2, -0.15) is 9.57 Å². The van der Waals surface area contributed by atoms with Crippen molar-refractivity contribution >= 4 is 10.0 Å². The lowest BCUT2D eigenvalue weighted by Gasteiger charge is -2.35. The lowest BCUT2D eigenvalue weighted by Crippen LogP contribution is -2.50. The average Bonchev–Trinajstić information content (AvgIpc) is 2.51. The van der Waals surface area contributed by atoms with Crippen LogP contribution in [0.5, 0.6) is 0 Å². The fourth-order valence-corrected chi connectivity index (χ4v) is 4.31. The lowest BCUT2D eigenvalue weighted by molar-refractivity contribution is 0.181. The Morgan fingerprint density at radius 2 is 1.86 bits per heavy atom. The second kappa shape index (κ2) is 7.23. The van der Waals surface area contributed by atoms with E-state index in [2.05, 4.69) is 24.0 Å². The van der Waals surface area contributed by atoms with Crippen LogP contribution in [-0.2, 0) is 16.6 Å². The maximum Gasteiger partial charge on any atom is 0.230 e. The van der Waals surface area contributed by atoms with E-state index in [0.29, 0.717) is 32.6 Å². The zero-order valence-electron chi connectivity index (χ0n) is 13.2. The Morgan fingerprint density at radius 3 is 2.41 bits per heavy atom. The molecule has 5 nitrogen and oxygen atoms in total. The molecule has 0 spiro atoms. The molecule has 0 saturated carbocycles. The normalized spacial score (nSPS) is 18.8. The van der Waals surface area contributed by atoms with E-state index in [9.17, 15) is 8.42 Å². The van der Waals surface area contributed by atoms with Crippen LogP contribution < -0.4 is 0 Å². The standard InChI is InChI=1S/C16H23N3O2S/c1-3-16(12-17)22(20,21)19-10-8-18(9-11-19)13-15-7-5-4-6-14(15)2/h4-7,16H,3,8-11,13H2,1-2H3. The van der Waals surface area contributed by atoms with Crippen LogP contribution in [0.15, 0.2) is 24.3 Å². The molecule has 1 fully saturated rings. The van der Waals surface area contributed by atoms with E-state index in [-0.39, 0.29) is 0 Å². The average molecular weight is 321 g/mol. The molecule has 1 aromatic rings. The molecule has 120 valence electrons. The molecule has 6 heteroatoms. The first kappa shape index (κ1) is 16.9. The van der Waals surface area contributed by atoms with Crippen LogP contribution in [0.25, 0.3) is 0 Å². The molecular weight excluding hydrogens is 298 g/mol. The molecule has 22 heavy (non-hydrogen) atoms. The van der Waals surface area contributed by atoms with E-state index in [1.807, 2.05) is 18.2 Å². The van der Waals surface area contributed by atoms with Crippen molar-refractivity contribution in [2.75, 3.05) is 26.2 Å². The second-order valence-electron chi connectivity index (χ2n) is 5.67. The molecule has 1 aliphatic rings. The summed E-state index contributed by atoms with van der Waals surface area (Å²) >= 11 is 0. The first-order valence-corrected chi connectivity index (χ1v) is 9.14. The van der Waals surface area contributed by atoms with Crippen molar-refractivity contribution in [1.82, 2.24) is 9.21 Å². The van der Waals surface area contributed by atoms with E-state index in [0.717, 1.165) is 6.54 Å². The minimum absolute atomic E-state index is 0.336. The molecule has 0 bridgehead atoms. The summed E-state index contributed by atoms with van der Waals surface area (Å²) in [7, 11) is -3.48. The number of hydrogen-bond acceptors (Lipinski definition) is 4. The summed E-state index contributed by atoms with van der Waals surface area (Å²) in [5.41, 5.74) is 2.54. The van der Waals surface area contributed by atoms with Crippen LogP contribution in [0.1, 0.15) is 24.5 Å². The fourth-order valence-electron chi connectivity index (χ4n) is 2.72. The highest BCUT2D eigenvalue weighted by atomic mass is 32.2. The molecule has 0 aliphatic carbocycles. The third-order valence-electron chi connectivity index (χ3n) is 4.22. The van der Waals surface area contributed by atoms with Crippen molar-refractivity contribution in [3.05, 3.63) is 35.4 Å². The summed E-state index contributed by atoms with van der Waals surface area (Å²) in [5, 5.41) is 8.08. The predicted molar refractivity (Wildman–Crippen MR) is 86.6 cm³/mol. The predicted octanol–water partition coefficient (Wildman–Crippen LogP) is 1.74. The largest absolute Gasteiger partial charge is 0.296 e. The zero-order valence-corrected chi connectivity index (χ0v) is 14.0. The third-order valence-corrected chi connectivity index (χ3v) is 6.46. The number of sulfonamides is 1. The maximum absolute atomic E-state index is 12.4. The summed E-state index contributed by atoms with van der Waals surface area (Å²) in [5.74, 6) is 0. The van der Waals surface area contributed by atoms with Gasteiger partial charge in [0, 0.05) is 32.7 Å². The Bertz CT molecular complexity index is 644. The first-order valence-electron chi connectivity index (χ1n) is 7.64. The van der Waals surface area contributed by atoms with Crippen molar-refractivity contribution in [1.29, 1.82) is 5.26 Å². The zero-order chi connectivity index (χ0) is 16.2. The number of benzene rings is 1. The van der Waals surface area contributed by atoms with Crippen LogP contribution in [0, 0.1) is 18.3 Å². The Balaban J connectivity index is 1.96. The first-order chi connectivity index (χ1) is 10.5. The van der Waals surface area contributed by atoms with Crippen molar-refractivity contribution in [3.8, 4) is 6.07 Å². The summed E-state index contributed by atoms with van der Waals surface area (Å²) in [6.07, 6.45) is 0.336. The summed E-state index contributed by atoms with van der Waals surface area (Å²) in [6.45, 7) is 7.01. The molecule has 0 amide bonds. The van der Waals surface area contributed by atoms with E-state index in [1.54, 1.807) is 6.92 Å². The maximum atomic E-state index is 12.4. The van der Waals surface area contributed by atoms with Gasteiger partial charge in [-0.25, -0.2) is 8.42 Å². The fraction of sp³-hybridized carbons (Fsp3) is 0.562. The number of rotatable bonds is 5. The monoisotopic (exact) mass is 321 g/mol. The smallest absolute Gasteiger partial charge is 0.230 e. The summed E-state index contributed by atoms with van der Waals surface area (Å²) in [4.78, 5) is 2.27. The number of nitriles is 1. The number of hydrogen-bond donors (Lipinski definition) is 0. The van der Waals surface area contributed by atoms with Crippen LogP contribution in [0.2, 0.25) is 0 Å². The Morgan fingerprint density at radius 1 is 1.23 bits per heavy atom. The summed E-state index contributed by atoms with van der Waals surface area (Å²) < 4.78 is 26.2. The van der Waals surface area contributed by atoms with Gasteiger partial charge in [0.25, 0.3) is 0 Å². The van der Waals surface area contributed by atoms with E-state index in [4.69, 9.17) is 5.26 Å². The molecule has 0 N–H and O–H groups in total. The number of nitrogens with zero attached hydrogens (tertiary/aromatic N) is 3. The van der Waals surface area contributed by atoms with Crippen molar-refractivity contribution < 1.29 is 8.42 Å². The summed E-state index contributed by atoms with van der Waals surface area (Å²) in [6, 6.07) is 10.2. The van der Waals surface area contributed by atoms with Crippen molar-refractivity contribution in [2.45, 2.75) is 32.1 Å². The van der Waals surface area contributed by atoms with Crippen LogP contribution in [-0.4, -0.2) is 49.1 Å². The van der Waals surface area contributed by atoms with Crippen LogP contribution >= 0.6 is 0 Å². The highest BCUT2D eigenvalue weighted by molar-refractivity contribution is 7.90. The minimum atomic E-state index is -3.48. The van der Waals surface area contributed by atoms with Gasteiger partial charge >= 0.3 is 0 Å². The Kier molecular flexibility index (Phi) is 5.57. The highest BCUT2D eigenvalue weighted by Crippen LogP contribution is 2.17. The molecule has 0 radical (unpaired) electrons. The van der Waals surface area contributed by atoms with Gasteiger partial charge in [0.05, 0.1) is 6.07 Å². The topological polar surface area (TPSA) is 64.4 Å². The van der Waals surface area contributed by atoms with Gasteiger partial charge in [0.1, 0.15) is 0 Å². The molecule has 1 atom stereocenters. The molecule has 1 unspecified atom stereocenters. The van der Waals surface area contributed by atoms with Gasteiger partial charge < -0.3 is 0 Å². The number of aryl methyl sites for hydroxylation is 1. The molecule has 0 aromatic heterocycles. The second-order valence-corrected chi connectivity index (χ2v) is 7.79. The van der Waals surface area contributed by atoms with Crippen LogP contribution in [0.4, 0.5) is 0 Å². The van der Waals surface area contributed by atoms with Crippen molar-refractivity contribution in [2.24, 2.45) is 0 Å². The molecule has 1 heterocycles. The van der Waals surface area contributed by atoms with Gasteiger partial charge in [-0.1, -0.05) is 31.2 Å². The van der Waals surface area contributed by atoms with Gasteiger partial charge in [-0.3, -0.25) is 4.90 Å². The lowest BCUT2D eigenvalue weighted by atomic mass is 10.1. The van der Waals surface area contributed by atoms with Crippen LogP contribution in [0.3, 0.4) is 0 Å². The third kappa shape index (κ3) is 3.67. The number of piperazine rings is 1. The van der Waals surface area contributed by atoms with Gasteiger partial charge in [0.2, 0.25) is 10.0 Å². The van der Waals surface area contributed by atoms with Gasteiger partial charge in [-0.15, -0.1) is 0 Å².